The summed E-state index contributed by atoms with van der Waals surface area (Å²) in [5.41, 5.74) is 2.21. The largest absolute Gasteiger partial charge is 0.354 e. The van der Waals surface area contributed by atoms with Gasteiger partial charge in [0.2, 0.25) is 11.8 Å². The number of carbonyl (C=O) groups is 2. The summed E-state index contributed by atoms with van der Waals surface area (Å²) >= 11 is 0. The second kappa shape index (κ2) is 13.4. The van der Waals surface area contributed by atoms with Crippen molar-refractivity contribution in [2.75, 3.05) is 17.4 Å². The highest BCUT2D eigenvalue weighted by atomic mass is 32.2. The van der Waals surface area contributed by atoms with E-state index in [0.717, 1.165) is 23.8 Å². The van der Waals surface area contributed by atoms with E-state index in [9.17, 15) is 22.4 Å². The zero-order valence-corrected chi connectivity index (χ0v) is 25.0. The number of hydrogen-bond acceptors (Lipinski definition) is 4. The highest BCUT2D eigenvalue weighted by Gasteiger charge is 2.36. The van der Waals surface area contributed by atoms with E-state index in [1.54, 1.807) is 35.2 Å². The fourth-order valence-corrected chi connectivity index (χ4v) is 7.31. The van der Waals surface area contributed by atoms with Crippen LogP contribution in [0, 0.1) is 5.82 Å². The molecule has 4 aromatic carbocycles. The summed E-state index contributed by atoms with van der Waals surface area (Å²) < 4.78 is 41.9. The number of sulfonamides is 1. The zero-order chi connectivity index (χ0) is 30.4. The normalized spacial score (nSPS) is 14.0. The van der Waals surface area contributed by atoms with Gasteiger partial charge in [0.25, 0.3) is 10.0 Å². The Balaban J connectivity index is 1.38. The molecule has 1 atom stereocenters. The predicted molar refractivity (Wildman–Crippen MR) is 167 cm³/mol. The molecule has 0 unspecified atom stereocenters. The first-order valence-electron chi connectivity index (χ1n) is 14.7. The van der Waals surface area contributed by atoms with Crippen LogP contribution in [0.15, 0.2) is 95.9 Å². The number of anilines is 1. The lowest BCUT2D eigenvalue weighted by Crippen LogP contribution is -2.50. The van der Waals surface area contributed by atoms with Gasteiger partial charge in [-0.2, -0.15) is 0 Å². The van der Waals surface area contributed by atoms with Gasteiger partial charge in [0, 0.05) is 37.9 Å². The van der Waals surface area contributed by atoms with Crippen molar-refractivity contribution >= 4 is 38.3 Å². The van der Waals surface area contributed by atoms with Crippen LogP contribution in [0.25, 0.3) is 10.8 Å². The maximum absolute atomic E-state index is 13.9. The van der Waals surface area contributed by atoms with Crippen LogP contribution < -0.4 is 9.62 Å². The van der Waals surface area contributed by atoms with Gasteiger partial charge < -0.3 is 10.2 Å². The minimum absolute atomic E-state index is 0.0348. The molecule has 1 aliphatic heterocycles. The number of nitrogens with zero attached hydrogens (tertiary/aromatic N) is 2. The summed E-state index contributed by atoms with van der Waals surface area (Å²) in [7, 11) is -3.74. The molecule has 0 saturated heterocycles. The number of amides is 2. The summed E-state index contributed by atoms with van der Waals surface area (Å²) in [4.78, 5) is 29.3. The lowest BCUT2D eigenvalue weighted by Gasteiger charge is -2.32. The molecule has 1 aliphatic rings. The Labute approximate surface area is 252 Å². The third-order valence-electron chi connectivity index (χ3n) is 7.80. The Bertz CT molecular complexity index is 1690. The van der Waals surface area contributed by atoms with Crippen molar-refractivity contribution in [3.8, 4) is 0 Å². The second-order valence-corrected chi connectivity index (χ2v) is 12.6. The Hall–Kier alpha value is -4.24. The molecule has 0 aliphatic carbocycles. The van der Waals surface area contributed by atoms with Gasteiger partial charge in [-0.1, -0.05) is 80.1 Å². The molecule has 4 aromatic rings. The predicted octanol–water partition coefficient (Wildman–Crippen LogP) is 5.82. The first-order chi connectivity index (χ1) is 20.8. The number of rotatable bonds is 13. The van der Waals surface area contributed by atoms with Gasteiger partial charge >= 0.3 is 0 Å². The number of nitrogens with one attached hydrogen (secondary N) is 1. The standard InChI is InChI=1S/C34H36FN3O4S/c1-2-3-21-36-34(40)30(23-25-10-5-4-6-11-25)37(24-26-17-19-28(35)20-18-26)32(39)16-9-22-38-29-14-7-12-27-13-8-15-31(33(27)29)43(38,41)42/h4-8,10-15,17-20,30H,2-3,9,16,21-24H2,1H3,(H,36,40)/t30-/m1/s1. The van der Waals surface area contributed by atoms with Crippen molar-refractivity contribution in [3.63, 3.8) is 0 Å². The van der Waals surface area contributed by atoms with Crippen LogP contribution in [0.2, 0.25) is 0 Å². The van der Waals surface area contributed by atoms with Gasteiger partial charge in [-0.25, -0.2) is 12.8 Å². The average Bonchev–Trinajstić information content (AvgIpc) is 3.23. The number of unbranched alkanes of at least 4 members (excludes halogenated alkanes) is 1. The Morgan fingerprint density at radius 1 is 0.884 bits per heavy atom. The van der Waals surface area contributed by atoms with Crippen molar-refractivity contribution < 1.29 is 22.4 Å². The van der Waals surface area contributed by atoms with Crippen molar-refractivity contribution in [1.82, 2.24) is 10.2 Å². The first-order valence-corrected chi connectivity index (χ1v) is 16.1. The average molecular weight is 602 g/mol. The van der Waals surface area contributed by atoms with Crippen molar-refractivity contribution in [1.29, 1.82) is 0 Å². The molecule has 1 heterocycles. The van der Waals surface area contributed by atoms with E-state index in [0.29, 0.717) is 29.6 Å². The number of carbonyl (C=O) groups excluding carboxylic acids is 2. The van der Waals surface area contributed by atoms with Crippen molar-refractivity contribution in [3.05, 3.63) is 108 Å². The zero-order valence-electron chi connectivity index (χ0n) is 24.2. The van der Waals surface area contributed by atoms with Gasteiger partial charge in [-0.05, 0) is 53.6 Å². The molecule has 2 amide bonds. The third kappa shape index (κ3) is 6.72. The maximum atomic E-state index is 13.9. The lowest BCUT2D eigenvalue weighted by molar-refractivity contribution is -0.141. The smallest absolute Gasteiger partial charge is 0.265 e. The van der Waals surface area contributed by atoms with Gasteiger partial charge in [0.1, 0.15) is 11.9 Å². The van der Waals surface area contributed by atoms with Crippen LogP contribution in [0.3, 0.4) is 0 Å². The lowest BCUT2D eigenvalue weighted by atomic mass is 10.0. The number of halogens is 1. The topological polar surface area (TPSA) is 86.8 Å². The number of benzene rings is 4. The van der Waals surface area contributed by atoms with E-state index in [2.05, 4.69) is 5.32 Å². The van der Waals surface area contributed by atoms with Crippen LogP contribution in [0.5, 0.6) is 0 Å². The summed E-state index contributed by atoms with van der Waals surface area (Å²) in [5, 5.41) is 4.53. The Morgan fingerprint density at radius 3 is 2.33 bits per heavy atom. The minimum atomic E-state index is -3.74. The first kappa shape index (κ1) is 30.2. The molecule has 7 nitrogen and oxygen atoms in total. The third-order valence-corrected chi connectivity index (χ3v) is 9.66. The molecule has 43 heavy (non-hydrogen) atoms. The molecule has 0 aromatic heterocycles. The van der Waals surface area contributed by atoms with Crippen LogP contribution in [-0.4, -0.2) is 44.3 Å². The van der Waals surface area contributed by atoms with Gasteiger partial charge in [-0.15, -0.1) is 0 Å². The molecule has 9 heteroatoms. The highest BCUT2D eigenvalue weighted by molar-refractivity contribution is 7.93. The van der Waals surface area contributed by atoms with Crippen LogP contribution in [0.1, 0.15) is 43.7 Å². The summed E-state index contributed by atoms with van der Waals surface area (Å²) in [5.74, 6) is -0.914. The number of hydrogen-bond donors (Lipinski definition) is 1. The quantitative estimate of drug-likeness (QED) is 0.196. The molecular weight excluding hydrogens is 565 g/mol. The maximum Gasteiger partial charge on any atom is 0.265 e. The fourth-order valence-electron chi connectivity index (χ4n) is 5.56. The van der Waals surface area contributed by atoms with E-state index in [-0.39, 0.29) is 48.5 Å². The van der Waals surface area contributed by atoms with Crippen LogP contribution in [-0.2, 0) is 32.6 Å². The molecule has 224 valence electrons. The molecule has 0 saturated carbocycles. The SMILES string of the molecule is CCCCNC(=O)[C@@H](Cc1ccccc1)N(Cc1ccc(F)cc1)C(=O)CCCN1c2cccc3cccc(c23)S1(=O)=O. The van der Waals surface area contributed by atoms with Gasteiger partial charge in [-0.3, -0.25) is 13.9 Å². The Morgan fingerprint density at radius 2 is 1.60 bits per heavy atom. The second-order valence-electron chi connectivity index (χ2n) is 10.8. The fraction of sp³-hybridized carbons (Fsp3) is 0.294. The Kier molecular flexibility index (Phi) is 9.40. The van der Waals surface area contributed by atoms with E-state index in [1.165, 1.54) is 16.4 Å². The molecule has 0 fully saturated rings. The summed E-state index contributed by atoms with van der Waals surface area (Å²) in [6, 6.07) is 25.3. The van der Waals surface area contributed by atoms with Gasteiger partial charge in [0.05, 0.1) is 10.6 Å². The van der Waals surface area contributed by atoms with E-state index >= 15 is 0 Å². The van der Waals surface area contributed by atoms with E-state index in [1.807, 2.05) is 55.5 Å². The van der Waals surface area contributed by atoms with E-state index < -0.39 is 16.1 Å². The minimum Gasteiger partial charge on any atom is -0.354 e. The molecule has 5 rings (SSSR count). The molecule has 0 radical (unpaired) electrons. The summed E-state index contributed by atoms with van der Waals surface area (Å²) in [6.45, 7) is 2.78. The van der Waals surface area contributed by atoms with Crippen LogP contribution in [0.4, 0.5) is 10.1 Å². The van der Waals surface area contributed by atoms with Crippen LogP contribution >= 0.6 is 0 Å². The summed E-state index contributed by atoms with van der Waals surface area (Å²) in [6.07, 6.45) is 2.34. The molecule has 0 spiro atoms. The van der Waals surface area contributed by atoms with Crippen molar-refractivity contribution in [2.24, 2.45) is 0 Å². The monoisotopic (exact) mass is 601 g/mol. The van der Waals surface area contributed by atoms with Gasteiger partial charge in [0.15, 0.2) is 0 Å². The highest BCUT2D eigenvalue weighted by Crippen LogP contribution is 2.42. The van der Waals surface area contributed by atoms with Crippen molar-refractivity contribution in [2.45, 2.75) is 56.5 Å². The molecular formula is C34H36FN3O4S. The van der Waals surface area contributed by atoms with E-state index in [4.69, 9.17) is 0 Å². The molecule has 0 bridgehead atoms. The molecule has 1 N–H and O–H groups in total.